The van der Waals surface area contributed by atoms with E-state index in [2.05, 4.69) is 14.7 Å². The van der Waals surface area contributed by atoms with E-state index in [1.54, 1.807) is 0 Å². The Labute approximate surface area is 116 Å². The highest BCUT2D eigenvalue weighted by Crippen LogP contribution is 2.36. The first kappa shape index (κ1) is 15.2. The normalized spacial score (nSPS) is 14.8. The predicted octanol–water partition coefficient (Wildman–Crippen LogP) is 2.62. The Balaban J connectivity index is 2.41. The molecule has 0 fully saturated rings. The predicted molar refractivity (Wildman–Crippen MR) is 63.8 cm³/mol. The first-order valence-corrected chi connectivity index (χ1v) is 5.70. The fraction of sp³-hybridized carbons (Fsp3) is 0.333. The summed E-state index contributed by atoms with van der Waals surface area (Å²) in [6, 6.07) is 3.61. The highest BCUT2D eigenvalue weighted by atomic mass is 19.4. The molecule has 9 heteroatoms. The maximum absolute atomic E-state index is 13.3. The van der Waals surface area contributed by atoms with Crippen LogP contribution in [-0.2, 0) is 5.54 Å². The molecule has 1 heterocycles. The fourth-order valence-electron chi connectivity index (χ4n) is 1.47. The smallest absolute Gasteiger partial charge is 0.415 e. The molecule has 0 saturated carbocycles. The second-order valence-corrected chi connectivity index (χ2v) is 4.47. The van der Waals surface area contributed by atoms with Crippen molar-refractivity contribution in [1.29, 1.82) is 0 Å². The topological polar surface area (TPSA) is 74.2 Å². The molecule has 0 aliphatic carbocycles. The van der Waals surface area contributed by atoms with Gasteiger partial charge in [-0.25, -0.2) is 4.39 Å². The first-order valence-electron chi connectivity index (χ1n) is 5.70. The number of rotatable bonds is 3. The molecule has 1 aromatic heterocycles. The second kappa shape index (κ2) is 4.99. The number of benzene rings is 1. The molecular formula is C12H11F4N3O2. The van der Waals surface area contributed by atoms with Crippen molar-refractivity contribution in [3.05, 3.63) is 29.9 Å². The van der Waals surface area contributed by atoms with E-state index in [0.29, 0.717) is 0 Å². The molecule has 0 saturated heterocycles. The largest absolute Gasteiger partial charge is 0.494 e. The van der Waals surface area contributed by atoms with Crippen LogP contribution in [0.4, 0.5) is 17.6 Å². The summed E-state index contributed by atoms with van der Waals surface area (Å²) in [5.74, 6) is -1.65. The number of nitrogens with zero attached hydrogens (tertiary/aromatic N) is 2. The number of hydrogen-bond acceptors (Lipinski definition) is 5. The van der Waals surface area contributed by atoms with Crippen LogP contribution in [0.2, 0.25) is 0 Å². The molecule has 1 unspecified atom stereocenters. The minimum absolute atomic E-state index is 0.0924. The van der Waals surface area contributed by atoms with E-state index in [4.69, 9.17) is 10.5 Å². The highest BCUT2D eigenvalue weighted by molar-refractivity contribution is 5.57. The first-order chi connectivity index (χ1) is 9.66. The molecule has 0 bridgehead atoms. The van der Waals surface area contributed by atoms with Crippen molar-refractivity contribution in [2.24, 2.45) is 5.73 Å². The SMILES string of the molecule is COc1cc(-c2noc(C(C)(N)C(F)(F)F)n2)ccc1F. The minimum Gasteiger partial charge on any atom is -0.494 e. The number of aromatic nitrogens is 2. The number of nitrogens with two attached hydrogens (primary N) is 1. The molecular weight excluding hydrogens is 294 g/mol. The van der Waals surface area contributed by atoms with Crippen LogP contribution in [0.15, 0.2) is 22.7 Å². The molecule has 21 heavy (non-hydrogen) atoms. The summed E-state index contributed by atoms with van der Waals surface area (Å²) in [7, 11) is 1.25. The van der Waals surface area contributed by atoms with Crippen molar-refractivity contribution in [1.82, 2.24) is 10.1 Å². The third-order valence-corrected chi connectivity index (χ3v) is 2.87. The Bertz CT molecular complexity index is 652. The van der Waals surface area contributed by atoms with Gasteiger partial charge in [-0.3, -0.25) is 0 Å². The van der Waals surface area contributed by atoms with Crippen LogP contribution in [0.5, 0.6) is 5.75 Å². The van der Waals surface area contributed by atoms with Crippen LogP contribution in [0.25, 0.3) is 11.4 Å². The summed E-state index contributed by atoms with van der Waals surface area (Å²) in [5.41, 5.74) is 2.64. The van der Waals surface area contributed by atoms with Gasteiger partial charge in [0.1, 0.15) is 0 Å². The van der Waals surface area contributed by atoms with Crippen LogP contribution in [0.3, 0.4) is 0 Å². The van der Waals surface area contributed by atoms with E-state index in [1.165, 1.54) is 19.2 Å². The van der Waals surface area contributed by atoms with Gasteiger partial charge in [0, 0.05) is 5.56 Å². The van der Waals surface area contributed by atoms with Crippen LogP contribution in [0.1, 0.15) is 12.8 Å². The van der Waals surface area contributed by atoms with Gasteiger partial charge >= 0.3 is 6.18 Å². The maximum atomic E-state index is 13.3. The number of methoxy groups -OCH3 is 1. The average Bonchev–Trinajstić information content (AvgIpc) is 2.88. The molecule has 2 N–H and O–H groups in total. The Morgan fingerprint density at radius 1 is 1.29 bits per heavy atom. The van der Waals surface area contributed by atoms with Gasteiger partial charge in [0.15, 0.2) is 17.1 Å². The Morgan fingerprint density at radius 2 is 1.95 bits per heavy atom. The van der Waals surface area contributed by atoms with E-state index < -0.39 is 23.4 Å². The van der Waals surface area contributed by atoms with Gasteiger partial charge in [0.2, 0.25) is 5.82 Å². The van der Waals surface area contributed by atoms with E-state index in [9.17, 15) is 17.6 Å². The van der Waals surface area contributed by atoms with Crippen molar-refractivity contribution in [2.75, 3.05) is 7.11 Å². The average molecular weight is 305 g/mol. The molecule has 114 valence electrons. The zero-order valence-corrected chi connectivity index (χ0v) is 11.0. The molecule has 0 spiro atoms. The van der Waals surface area contributed by atoms with E-state index >= 15 is 0 Å². The molecule has 1 aromatic carbocycles. The standard InChI is InChI=1S/C12H11F4N3O2/c1-11(17,12(14,15)16)10-18-9(19-21-10)6-3-4-7(13)8(5-6)20-2/h3-5H,17H2,1-2H3. The number of alkyl halides is 3. The van der Waals surface area contributed by atoms with Crippen LogP contribution < -0.4 is 10.5 Å². The molecule has 2 aromatic rings. The maximum Gasteiger partial charge on any atom is 0.415 e. The quantitative estimate of drug-likeness (QED) is 0.882. The molecule has 0 radical (unpaired) electrons. The van der Waals surface area contributed by atoms with Crippen LogP contribution >= 0.6 is 0 Å². The number of ether oxygens (including phenoxy) is 1. The zero-order valence-electron chi connectivity index (χ0n) is 11.0. The molecule has 0 aliphatic rings. The lowest BCUT2D eigenvalue weighted by Crippen LogP contribution is -2.47. The van der Waals surface area contributed by atoms with Crippen molar-refractivity contribution >= 4 is 0 Å². The summed E-state index contributed by atoms with van der Waals surface area (Å²) >= 11 is 0. The summed E-state index contributed by atoms with van der Waals surface area (Å²) < 4.78 is 61.0. The van der Waals surface area contributed by atoms with E-state index in [0.717, 1.165) is 13.0 Å². The molecule has 2 rings (SSSR count). The minimum atomic E-state index is -4.75. The van der Waals surface area contributed by atoms with Gasteiger partial charge in [-0.2, -0.15) is 18.2 Å². The van der Waals surface area contributed by atoms with Gasteiger partial charge in [-0.1, -0.05) is 5.16 Å². The van der Waals surface area contributed by atoms with Gasteiger partial charge in [-0.15, -0.1) is 0 Å². The highest BCUT2D eigenvalue weighted by Gasteiger charge is 2.53. The lowest BCUT2D eigenvalue weighted by atomic mass is 10.0. The zero-order chi connectivity index (χ0) is 15.8. The summed E-state index contributed by atoms with van der Waals surface area (Å²) in [5, 5.41) is 3.43. The van der Waals surface area contributed by atoms with Gasteiger partial charge < -0.3 is 15.0 Å². The van der Waals surface area contributed by atoms with Crippen molar-refractivity contribution in [2.45, 2.75) is 18.6 Å². The van der Waals surface area contributed by atoms with Gasteiger partial charge in [0.05, 0.1) is 7.11 Å². The summed E-state index contributed by atoms with van der Waals surface area (Å²) in [6.07, 6.45) is -4.75. The van der Waals surface area contributed by atoms with Gasteiger partial charge in [0.25, 0.3) is 5.89 Å². The Kier molecular flexibility index (Phi) is 3.62. The molecule has 5 nitrogen and oxygen atoms in total. The number of hydrogen-bond donors (Lipinski definition) is 1. The molecule has 0 amide bonds. The Morgan fingerprint density at radius 3 is 2.52 bits per heavy atom. The third-order valence-electron chi connectivity index (χ3n) is 2.87. The fourth-order valence-corrected chi connectivity index (χ4v) is 1.47. The summed E-state index contributed by atoms with van der Waals surface area (Å²) in [6.45, 7) is 0.718. The van der Waals surface area contributed by atoms with Crippen molar-refractivity contribution in [3.63, 3.8) is 0 Å². The lowest BCUT2D eigenvalue weighted by molar-refractivity contribution is -0.190. The molecule has 0 aliphatic heterocycles. The van der Waals surface area contributed by atoms with Crippen LogP contribution in [-0.4, -0.2) is 23.4 Å². The molecule has 1 atom stereocenters. The van der Waals surface area contributed by atoms with Crippen molar-refractivity contribution < 1.29 is 26.8 Å². The van der Waals surface area contributed by atoms with E-state index in [-0.39, 0.29) is 17.1 Å². The monoisotopic (exact) mass is 305 g/mol. The van der Waals surface area contributed by atoms with Gasteiger partial charge in [-0.05, 0) is 25.1 Å². The second-order valence-electron chi connectivity index (χ2n) is 4.47. The number of halogens is 4. The Hall–Kier alpha value is -2.16. The van der Waals surface area contributed by atoms with Crippen molar-refractivity contribution in [3.8, 4) is 17.1 Å². The van der Waals surface area contributed by atoms with E-state index in [1.807, 2.05) is 0 Å². The van der Waals surface area contributed by atoms with Crippen LogP contribution in [0, 0.1) is 5.82 Å². The summed E-state index contributed by atoms with van der Waals surface area (Å²) in [4.78, 5) is 3.62. The third kappa shape index (κ3) is 2.68. The lowest BCUT2D eigenvalue weighted by Gasteiger charge is -2.22.